The predicted octanol–water partition coefficient (Wildman–Crippen LogP) is 2.38. The van der Waals surface area contributed by atoms with Crippen molar-refractivity contribution in [3.63, 3.8) is 0 Å². The molecule has 0 aliphatic rings. The van der Waals surface area contributed by atoms with Gasteiger partial charge in [0.05, 0.1) is 5.69 Å². The van der Waals surface area contributed by atoms with Crippen molar-refractivity contribution in [3.05, 3.63) is 72.2 Å². The van der Waals surface area contributed by atoms with Crippen molar-refractivity contribution in [2.24, 2.45) is 11.5 Å². The van der Waals surface area contributed by atoms with E-state index >= 15 is 0 Å². The van der Waals surface area contributed by atoms with Crippen LogP contribution in [0.5, 0.6) is 0 Å². The number of nitrogens with one attached hydrogen (secondary N) is 2. The van der Waals surface area contributed by atoms with E-state index in [1.807, 2.05) is 30.3 Å². The maximum Gasteiger partial charge on any atom is 0.141 e. The van der Waals surface area contributed by atoms with Gasteiger partial charge in [0, 0.05) is 34.6 Å². The molecule has 0 aliphatic heterocycles. The van der Waals surface area contributed by atoms with Gasteiger partial charge in [0.2, 0.25) is 0 Å². The standard InChI is InChI=1S/C18H16N6/c19-17(20)12-3-1-11(2-4-12)15-7-5-13(9-23-15)14-6-8-16(18(21)22)24-10-14/h1-10H,(H3,19,20)(H3,21,22). The molecule has 0 saturated heterocycles. The minimum absolute atomic E-state index is 0.0476. The SMILES string of the molecule is N=C(N)c1ccc(-c2ccc(-c3ccc(C(=N)N)nc3)cn2)cc1. The number of aromatic nitrogens is 2. The summed E-state index contributed by atoms with van der Waals surface area (Å²) < 4.78 is 0. The lowest BCUT2D eigenvalue weighted by molar-refractivity contribution is 1.25. The molecule has 3 rings (SSSR count). The normalized spacial score (nSPS) is 10.3. The van der Waals surface area contributed by atoms with Crippen molar-refractivity contribution in [3.8, 4) is 22.4 Å². The quantitative estimate of drug-likeness (QED) is 0.435. The second-order valence-corrected chi connectivity index (χ2v) is 5.27. The summed E-state index contributed by atoms with van der Waals surface area (Å²) in [4.78, 5) is 8.63. The molecule has 0 unspecified atom stereocenters. The van der Waals surface area contributed by atoms with Gasteiger partial charge in [-0.1, -0.05) is 36.4 Å². The Morgan fingerprint density at radius 1 is 0.667 bits per heavy atom. The molecule has 118 valence electrons. The van der Waals surface area contributed by atoms with E-state index in [9.17, 15) is 0 Å². The fraction of sp³-hybridized carbons (Fsp3) is 0. The summed E-state index contributed by atoms with van der Waals surface area (Å²) >= 11 is 0. The summed E-state index contributed by atoms with van der Waals surface area (Å²) in [5.74, 6) is -0.00426. The lowest BCUT2D eigenvalue weighted by Gasteiger charge is -2.06. The number of pyridine rings is 2. The molecule has 3 aromatic rings. The minimum atomic E-state index is -0.0518. The fourth-order valence-electron chi connectivity index (χ4n) is 2.28. The highest BCUT2D eigenvalue weighted by Crippen LogP contribution is 2.22. The van der Waals surface area contributed by atoms with Gasteiger partial charge in [-0.2, -0.15) is 0 Å². The van der Waals surface area contributed by atoms with Crippen molar-refractivity contribution in [1.29, 1.82) is 10.8 Å². The molecule has 0 radical (unpaired) electrons. The van der Waals surface area contributed by atoms with Crippen LogP contribution < -0.4 is 11.5 Å². The van der Waals surface area contributed by atoms with Crippen LogP contribution in [0.15, 0.2) is 60.9 Å². The van der Waals surface area contributed by atoms with E-state index in [4.69, 9.17) is 22.3 Å². The average Bonchev–Trinajstić information content (AvgIpc) is 2.62. The van der Waals surface area contributed by atoms with Gasteiger partial charge in [-0.25, -0.2) is 0 Å². The molecule has 0 aliphatic carbocycles. The molecule has 0 saturated carbocycles. The Kier molecular flexibility index (Phi) is 4.03. The first-order valence-corrected chi connectivity index (χ1v) is 7.26. The third-order valence-electron chi connectivity index (χ3n) is 3.63. The van der Waals surface area contributed by atoms with Crippen LogP contribution in [0.1, 0.15) is 11.3 Å². The van der Waals surface area contributed by atoms with E-state index in [2.05, 4.69) is 9.97 Å². The molecule has 0 spiro atoms. The van der Waals surface area contributed by atoms with Gasteiger partial charge in [-0.15, -0.1) is 0 Å². The highest BCUT2D eigenvalue weighted by atomic mass is 14.8. The third-order valence-corrected chi connectivity index (χ3v) is 3.63. The first-order valence-electron chi connectivity index (χ1n) is 7.26. The van der Waals surface area contributed by atoms with Gasteiger partial charge in [0.25, 0.3) is 0 Å². The van der Waals surface area contributed by atoms with Crippen molar-refractivity contribution >= 4 is 11.7 Å². The second-order valence-electron chi connectivity index (χ2n) is 5.27. The zero-order valence-corrected chi connectivity index (χ0v) is 12.8. The predicted molar refractivity (Wildman–Crippen MR) is 94.9 cm³/mol. The Bertz CT molecular complexity index is 804. The van der Waals surface area contributed by atoms with Crippen molar-refractivity contribution in [2.45, 2.75) is 0 Å². The molecular weight excluding hydrogens is 300 g/mol. The monoisotopic (exact) mass is 316 g/mol. The van der Waals surface area contributed by atoms with Crippen molar-refractivity contribution in [1.82, 2.24) is 9.97 Å². The number of nitrogen functional groups attached to an aromatic ring is 2. The van der Waals surface area contributed by atoms with Crippen LogP contribution in [-0.4, -0.2) is 21.6 Å². The topological polar surface area (TPSA) is 126 Å². The lowest BCUT2D eigenvalue weighted by Crippen LogP contribution is -2.12. The first kappa shape index (κ1) is 15.4. The molecule has 6 heteroatoms. The number of benzene rings is 1. The van der Waals surface area contributed by atoms with Gasteiger partial charge in [-0.3, -0.25) is 20.8 Å². The summed E-state index contributed by atoms with van der Waals surface area (Å²) in [6.45, 7) is 0. The number of hydrogen-bond donors (Lipinski definition) is 4. The summed E-state index contributed by atoms with van der Waals surface area (Å²) in [5, 5.41) is 14.8. The summed E-state index contributed by atoms with van der Waals surface area (Å²) in [7, 11) is 0. The van der Waals surface area contributed by atoms with Gasteiger partial charge >= 0.3 is 0 Å². The van der Waals surface area contributed by atoms with Crippen LogP contribution in [0.4, 0.5) is 0 Å². The third kappa shape index (κ3) is 3.12. The maximum atomic E-state index is 7.41. The summed E-state index contributed by atoms with van der Waals surface area (Å²) in [6.07, 6.45) is 3.45. The number of nitrogens with zero attached hydrogens (tertiary/aromatic N) is 2. The average molecular weight is 316 g/mol. The summed E-state index contributed by atoms with van der Waals surface area (Å²) in [5.41, 5.74) is 15.6. The van der Waals surface area contributed by atoms with E-state index in [0.29, 0.717) is 11.3 Å². The van der Waals surface area contributed by atoms with Gasteiger partial charge in [-0.05, 0) is 12.1 Å². The first-order chi connectivity index (χ1) is 11.5. The smallest absolute Gasteiger partial charge is 0.141 e. The molecule has 24 heavy (non-hydrogen) atoms. The van der Waals surface area contributed by atoms with Crippen LogP contribution >= 0.6 is 0 Å². The Balaban J connectivity index is 1.84. The van der Waals surface area contributed by atoms with Gasteiger partial charge < -0.3 is 11.5 Å². The molecule has 0 fully saturated rings. The zero-order valence-electron chi connectivity index (χ0n) is 12.8. The van der Waals surface area contributed by atoms with E-state index in [-0.39, 0.29) is 11.7 Å². The van der Waals surface area contributed by atoms with E-state index < -0.39 is 0 Å². The lowest BCUT2D eigenvalue weighted by atomic mass is 10.1. The highest BCUT2D eigenvalue weighted by molar-refractivity contribution is 5.95. The second kappa shape index (κ2) is 6.29. The zero-order chi connectivity index (χ0) is 17.1. The Hall–Kier alpha value is -3.54. The molecule has 1 aromatic carbocycles. The van der Waals surface area contributed by atoms with Crippen molar-refractivity contribution in [2.75, 3.05) is 0 Å². The largest absolute Gasteiger partial charge is 0.384 e. The molecule has 6 nitrogen and oxygen atoms in total. The number of nitrogens with two attached hydrogens (primary N) is 2. The molecule has 0 bridgehead atoms. The molecule has 2 heterocycles. The molecule has 6 N–H and O–H groups in total. The van der Waals surface area contributed by atoms with E-state index in [1.165, 1.54) is 0 Å². The van der Waals surface area contributed by atoms with Gasteiger partial charge in [0.15, 0.2) is 0 Å². The Morgan fingerprint density at radius 3 is 1.71 bits per heavy atom. The molecule has 0 amide bonds. The number of hydrogen-bond acceptors (Lipinski definition) is 4. The number of rotatable bonds is 4. The minimum Gasteiger partial charge on any atom is -0.384 e. The van der Waals surface area contributed by atoms with Crippen LogP contribution in [0.3, 0.4) is 0 Å². The Labute approximate surface area is 139 Å². The molecule has 0 atom stereocenters. The maximum absolute atomic E-state index is 7.41. The van der Waals surface area contributed by atoms with Crippen LogP contribution in [0.25, 0.3) is 22.4 Å². The van der Waals surface area contributed by atoms with Crippen LogP contribution in [0.2, 0.25) is 0 Å². The molecular formula is C18H16N6. The van der Waals surface area contributed by atoms with Gasteiger partial charge in [0.1, 0.15) is 17.4 Å². The summed E-state index contributed by atoms with van der Waals surface area (Å²) in [6, 6.07) is 14.9. The van der Waals surface area contributed by atoms with Crippen LogP contribution in [-0.2, 0) is 0 Å². The van der Waals surface area contributed by atoms with E-state index in [1.54, 1.807) is 30.6 Å². The highest BCUT2D eigenvalue weighted by Gasteiger charge is 2.04. The molecule has 2 aromatic heterocycles. The van der Waals surface area contributed by atoms with Crippen LogP contribution in [0, 0.1) is 10.8 Å². The van der Waals surface area contributed by atoms with E-state index in [0.717, 1.165) is 22.4 Å². The fourth-order valence-corrected chi connectivity index (χ4v) is 2.28. The Morgan fingerprint density at radius 2 is 1.25 bits per heavy atom. The number of amidine groups is 2. The van der Waals surface area contributed by atoms with Crippen molar-refractivity contribution < 1.29 is 0 Å².